The third-order valence-electron chi connectivity index (χ3n) is 6.53. The number of hydrogen-bond acceptors (Lipinski definition) is 3. The van der Waals surface area contributed by atoms with E-state index in [1.807, 2.05) is 12.3 Å². The van der Waals surface area contributed by atoms with Gasteiger partial charge in [-0.2, -0.15) is 0 Å². The molecule has 0 fully saturated rings. The van der Waals surface area contributed by atoms with Crippen LogP contribution in [-0.4, -0.2) is 4.98 Å². The summed E-state index contributed by atoms with van der Waals surface area (Å²) in [5.41, 5.74) is 5.88. The van der Waals surface area contributed by atoms with Crippen molar-refractivity contribution in [3.63, 3.8) is 0 Å². The highest BCUT2D eigenvalue weighted by Gasteiger charge is 2.40. The molecule has 0 aliphatic carbocycles. The molecule has 166 valence electrons. The van der Waals surface area contributed by atoms with Crippen molar-refractivity contribution in [3.05, 3.63) is 134 Å². The van der Waals surface area contributed by atoms with E-state index in [2.05, 4.69) is 131 Å². The minimum Gasteiger partial charge on any atom is -0.296 e. The van der Waals surface area contributed by atoms with Gasteiger partial charge in [-0.15, -0.1) is 0 Å². The zero-order chi connectivity index (χ0) is 23.2. The van der Waals surface area contributed by atoms with Crippen molar-refractivity contribution in [3.8, 4) is 0 Å². The summed E-state index contributed by atoms with van der Waals surface area (Å²) in [6.07, 6.45) is 1.90. The van der Waals surface area contributed by atoms with Gasteiger partial charge < -0.3 is 0 Å². The molecule has 1 aliphatic rings. The summed E-state index contributed by atoms with van der Waals surface area (Å²) in [6, 6.07) is 45.5. The van der Waals surface area contributed by atoms with Gasteiger partial charge in [-0.3, -0.25) is 14.3 Å². The molecule has 0 bridgehead atoms. The second-order valence-corrected chi connectivity index (χ2v) is 10.4. The maximum Gasteiger partial charge on any atom is 0.139 e. The van der Waals surface area contributed by atoms with E-state index in [0.29, 0.717) is 0 Å². The molecule has 2 heterocycles. The average molecular weight is 468 g/mol. The van der Waals surface area contributed by atoms with Crippen LogP contribution in [0.25, 0.3) is 21.7 Å². The van der Waals surface area contributed by atoms with E-state index in [9.17, 15) is 0 Å². The van der Waals surface area contributed by atoms with Crippen LogP contribution in [0.3, 0.4) is 0 Å². The number of benzene rings is 5. The normalized spacial score (nSPS) is 13.5. The summed E-state index contributed by atoms with van der Waals surface area (Å²) >= 11 is 0. The molecule has 0 N–H and O–H groups in total. The molecule has 3 nitrogen and oxygen atoms in total. The van der Waals surface area contributed by atoms with Gasteiger partial charge in [0.05, 0.1) is 16.9 Å². The van der Waals surface area contributed by atoms with Crippen molar-refractivity contribution in [1.29, 1.82) is 0 Å². The fraction of sp³-hybridized carbons (Fsp3) is 0. The Morgan fingerprint density at radius 3 is 1.71 bits per heavy atom. The molecule has 35 heavy (non-hydrogen) atoms. The molecule has 1 aliphatic heterocycles. The van der Waals surface area contributed by atoms with Crippen LogP contribution in [0.5, 0.6) is 0 Å². The predicted molar refractivity (Wildman–Crippen MR) is 149 cm³/mol. The predicted octanol–water partition coefficient (Wildman–Crippen LogP) is 8.32. The summed E-state index contributed by atoms with van der Waals surface area (Å²) in [7, 11) is -0.993. The van der Waals surface area contributed by atoms with Crippen LogP contribution >= 0.6 is 8.22 Å². The number of para-hydroxylation sites is 4. The van der Waals surface area contributed by atoms with Crippen LogP contribution in [0, 0.1) is 0 Å². The molecular formula is C31H22N3P. The molecule has 6 aromatic rings. The Hall–Kier alpha value is -4.20. The molecule has 5 aromatic carbocycles. The number of fused-ring (bicyclic) bond motifs is 4. The molecule has 0 saturated heterocycles. The second kappa shape index (κ2) is 8.23. The summed E-state index contributed by atoms with van der Waals surface area (Å²) < 4.78 is 5.04. The summed E-state index contributed by atoms with van der Waals surface area (Å²) in [5, 5.41) is 4.90. The Morgan fingerprint density at radius 2 is 1.06 bits per heavy atom. The minimum atomic E-state index is -0.993. The fourth-order valence-corrected chi connectivity index (χ4v) is 7.74. The van der Waals surface area contributed by atoms with Crippen molar-refractivity contribution in [2.45, 2.75) is 0 Å². The maximum atomic E-state index is 4.86. The quantitative estimate of drug-likeness (QED) is 0.193. The summed E-state index contributed by atoms with van der Waals surface area (Å²) in [6.45, 7) is 0. The molecule has 0 atom stereocenters. The number of pyridine rings is 1. The highest BCUT2D eigenvalue weighted by Crippen LogP contribution is 2.65. The standard InChI is InChI=1S/C31H22N3P/c1-3-13-25(14-4-1)33-27-17-7-8-18-28(27)34(26-15-5-2-6-16-26)35(33)29-19-9-11-23-20-21-24-12-10-22-32-31(24)30(23)29/h1-22H. The van der Waals surface area contributed by atoms with Crippen LogP contribution in [0.2, 0.25) is 0 Å². The van der Waals surface area contributed by atoms with E-state index in [1.54, 1.807) is 0 Å². The van der Waals surface area contributed by atoms with Gasteiger partial charge in [-0.1, -0.05) is 84.9 Å². The maximum absolute atomic E-state index is 4.86. The number of nitrogens with zero attached hydrogens (tertiary/aromatic N) is 3. The molecule has 0 radical (unpaired) electrons. The lowest BCUT2D eigenvalue weighted by Gasteiger charge is -2.33. The lowest BCUT2D eigenvalue weighted by atomic mass is 10.1. The SMILES string of the molecule is c1ccc(N2c3ccccc3N(c3ccccc3)P2c2cccc3ccc4cccnc4c23)cc1. The van der Waals surface area contributed by atoms with Gasteiger partial charge in [-0.25, -0.2) is 0 Å². The Kier molecular flexibility index (Phi) is 4.75. The summed E-state index contributed by atoms with van der Waals surface area (Å²) in [5.74, 6) is 0. The number of rotatable bonds is 3. The Bertz CT molecular complexity index is 1600. The smallest absolute Gasteiger partial charge is 0.139 e. The van der Waals surface area contributed by atoms with Crippen molar-refractivity contribution in [1.82, 2.24) is 4.98 Å². The van der Waals surface area contributed by atoms with Gasteiger partial charge >= 0.3 is 0 Å². The van der Waals surface area contributed by atoms with E-state index >= 15 is 0 Å². The molecule has 4 heteroatoms. The molecule has 0 unspecified atom stereocenters. The van der Waals surface area contributed by atoms with Crippen molar-refractivity contribution in [2.75, 3.05) is 9.34 Å². The van der Waals surface area contributed by atoms with Gasteiger partial charge in [-0.05, 0) is 47.9 Å². The number of anilines is 4. The van der Waals surface area contributed by atoms with E-state index < -0.39 is 8.22 Å². The van der Waals surface area contributed by atoms with Crippen LogP contribution in [0.1, 0.15) is 0 Å². The van der Waals surface area contributed by atoms with Gasteiger partial charge in [0.25, 0.3) is 0 Å². The van der Waals surface area contributed by atoms with Gasteiger partial charge in [0.1, 0.15) is 8.22 Å². The third-order valence-corrected chi connectivity index (χ3v) is 8.98. The lowest BCUT2D eigenvalue weighted by molar-refractivity contribution is 1.43. The molecular weight excluding hydrogens is 445 g/mol. The van der Waals surface area contributed by atoms with Crippen LogP contribution < -0.4 is 14.6 Å². The first-order chi connectivity index (χ1) is 17.4. The lowest BCUT2D eigenvalue weighted by Crippen LogP contribution is -2.23. The topological polar surface area (TPSA) is 19.4 Å². The Labute approximate surface area is 205 Å². The van der Waals surface area contributed by atoms with Crippen molar-refractivity contribution < 1.29 is 0 Å². The molecule has 0 saturated carbocycles. The summed E-state index contributed by atoms with van der Waals surface area (Å²) in [4.78, 5) is 4.86. The first-order valence-electron chi connectivity index (χ1n) is 11.8. The van der Waals surface area contributed by atoms with E-state index in [0.717, 1.165) is 10.9 Å². The van der Waals surface area contributed by atoms with Crippen LogP contribution in [-0.2, 0) is 0 Å². The van der Waals surface area contributed by atoms with Gasteiger partial charge in [0.15, 0.2) is 0 Å². The second-order valence-electron chi connectivity index (χ2n) is 8.59. The zero-order valence-electron chi connectivity index (χ0n) is 19.0. The number of aromatic nitrogens is 1. The average Bonchev–Trinajstić information content (AvgIpc) is 3.28. The highest BCUT2D eigenvalue weighted by atomic mass is 31.1. The van der Waals surface area contributed by atoms with Crippen LogP contribution in [0.4, 0.5) is 22.7 Å². The Balaban J connectivity index is 1.58. The van der Waals surface area contributed by atoms with Crippen LogP contribution in [0.15, 0.2) is 134 Å². The monoisotopic (exact) mass is 467 g/mol. The first kappa shape index (κ1) is 20.2. The Morgan fingerprint density at radius 1 is 0.486 bits per heavy atom. The fourth-order valence-electron chi connectivity index (χ4n) is 5.03. The zero-order valence-corrected chi connectivity index (χ0v) is 19.9. The highest BCUT2D eigenvalue weighted by molar-refractivity contribution is 7.70. The first-order valence-corrected chi connectivity index (χ1v) is 13.0. The van der Waals surface area contributed by atoms with Gasteiger partial charge in [0, 0.05) is 33.6 Å². The largest absolute Gasteiger partial charge is 0.296 e. The minimum absolute atomic E-state index is 0.993. The molecule has 7 rings (SSSR count). The van der Waals surface area contributed by atoms with E-state index in [-0.39, 0.29) is 0 Å². The van der Waals surface area contributed by atoms with Crippen molar-refractivity contribution >= 4 is 58.0 Å². The molecule has 0 spiro atoms. The molecule has 1 aromatic heterocycles. The van der Waals surface area contributed by atoms with Crippen molar-refractivity contribution in [2.24, 2.45) is 0 Å². The third kappa shape index (κ3) is 3.20. The van der Waals surface area contributed by atoms with Gasteiger partial charge in [0.2, 0.25) is 0 Å². The number of hydrogen-bond donors (Lipinski definition) is 0. The van der Waals surface area contributed by atoms with E-state index in [1.165, 1.54) is 38.8 Å². The molecule has 0 amide bonds. The van der Waals surface area contributed by atoms with E-state index in [4.69, 9.17) is 4.98 Å².